The van der Waals surface area contributed by atoms with Crippen molar-refractivity contribution in [3.63, 3.8) is 0 Å². The van der Waals surface area contributed by atoms with Gasteiger partial charge in [-0.05, 0) is 36.6 Å². The molecule has 1 heterocycles. The minimum Gasteiger partial charge on any atom is -0.299 e. The molecule has 1 fully saturated rings. The average molecular weight is 434 g/mol. The van der Waals surface area contributed by atoms with Crippen LogP contribution in [0.15, 0.2) is 47.4 Å². The van der Waals surface area contributed by atoms with Crippen molar-refractivity contribution in [2.75, 3.05) is 13.1 Å². The van der Waals surface area contributed by atoms with Crippen LogP contribution >= 0.6 is 0 Å². The van der Waals surface area contributed by atoms with E-state index in [-0.39, 0.29) is 0 Å². The number of hydrogen-bond acceptors (Lipinski definition) is 3. The molecule has 29 heavy (non-hydrogen) atoms. The van der Waals surface area contributed by atoms with Gasteiger partial charge in [-0.25, -0.2) is 21.9 Å². The molecule has 0 radical (unpaired) electrons. The summed E-state index contributed by atoms with van der Waals surface area (Å²) in [4.78, 5) is 0.899. The SMILES string of the molecule is O=S(=O)(NC1CCN(Cc2cccc(C(F)(F)F)c2)CC1)c1c(F)cccc1F. The number of rotatable bonds is 5. The summed E-state index contributed by atoms with van der Waals surface area (Å²) >= 11 is 0. The Balaban J connectivity index is 1.60. The molecular weight excluding hydrogens is 415 g/mol. The minimum absolute atomic E-state index is 0.297. The molecule has 0 amide bonds. The number of nitrogens with zero attached hydrogens (tertiary/aromatic N) is 1. The van der Waals surface area contributed by atoms with Crippen molar-refractivity contribution in [2.24, 2.45) is 0 Å². The normalized spacial score (nSPS) is 16.9. The highest BCUT2D eigenvalue weighted by atomic mass is 32.2. The van der Waals surface area contributed by atoms with E-state index in [1.54, 1.807) is 6.07 Å². The summed E-state index contributed by atoms with van der Waals surface area (Å²) in [5.74, 6) is -2.33. The Morgan fingerprint density at radius 1 is 1.00 bits per heavy atom. The van der Waals surface area contributed by atoms with Gasteiger partial charge in [-0.2, -0.15) is 13.2 Å². The number of piperidine rings is 1. The Morgan fingerprint density at radius 2 is 1.59 bits per heavy atom. The number of sulfonamides is 1. The zero-order chi connectivity index (χ0) is 21.2. The van der Waals surface area contributed by atoms with Gasteiger partial charge in [0.1, 0.15) is 11.6 Å². The largest absolute Gasteiger partial charge is 0.416 e. The Hall–Kier alpha value is -2.04. The molecule has 10 heteroatoms. The highest BCUT2D eigenvalue weighted by molar-refractivity contribution is 7.89. The van der Waals surface area contributed by atoms with E-state index in [1.807, 2.05) is 4.90 Å². The number of nitrogens with one attached hydrogen (secondary N) is 1. The maximum Gasteiger partial charge on any atom is 0.416 e. The van der Waals surface area contributed by atoms with Crippen molar-refractivity contribution in [1.29, 1.82) is 0 Å². The van der Waals surface area contributed by atoms with Crippen LogP contribution in [-0.4, -0.2) is 32.4 Å². The van der Waals surface area contributed by atoms with Crippen LogP contribution in [-0.2, 0) is 22.7 Å². The van der Waals surface area contributed by atoms with Gasteiger partial charge in [-0.1, -0.05) is 24.3 Å². The third-order valence-corrected chi connectivity index (χ3v) is 6.33. The van der Waals surface area contributed by atoms with Crippen LogP contribution < -0.4 is 4.72 Å². The van der Waals surface area contributed by atoms with Crippen molar-refractivity contribution in [1.82, 2.24) is 9.62 Å². The quantitative estimate of drug-likeness (QED) is 0.726. The highest BCUT2D eigenvalue weighted by Gasteiger charge is 2.31. The summed E-state index contributed by atoms with van der Waals surface area (Å²) in [6, 6.07) is 7.35. The summed E-state index contributed by atoms with van der Waals surface area (Å²) in [7, 11) is -4.36. The van der Waals surface area contributed by atoms with Crippen molar-refractivity contribution in [3.05, 3.63) is 65.2 Å². The molecule has 1 saturated heterocycles. The molecule has 0 spiro atoms. The summed E-state index contributed by atoms with van der Waals surface area (Å²) < 4.78 is 93.0. The van der Waals surface area contributed by atoms with Crippen LogP contribution in [0.5, 0.6) is 0 Å². The second kappa shape index (κ2) is 8.37. The molecule has 1 N–H and O–H groups in total. The van der Waals surface area contributed by atoms with Gasteiger partial charge in [0.2, 0.25) is 10.0 Å². The van der Waals surface area contributed by atoms with Crippen molar-refractivity contribution in [3.8, 4) is 0 Å². The van der Waals surface area contributed by atoms with Gasteiger partial charge in [0.25, 0.3) is 0 Å². The topological polar surface area (TPSA) is 49.4 Å². The molecule has 2 aromatic rings. The minimum atomic E-state index is -4.41. The van der Waals surface area contributed by atoms with Gasteiger partial charge < -0.3 is 0 Å². The van der Waals surface area contributed by atoms with Gasteiger partial charge in [-0.15, -0.1) is 0 Å². The second-order valence-corrected chi connectivity index (χ2v) is 8.57. The third-order valence-electron chi connectivity index (χ3n) is 4.76. The molecule has 158 valence electrons. The van der Waals surface area contributed by atoms with E-state index in [4.69, 9.17) is 0 Å². The van der Waals surface area contributed by atoms with E-state index in [9.17, 15) is 30.4 Å². The van der Waals surface area contributed by atoms with Gasteiger partial charge in [-0.3, -0.25) is 4.90 Å². The fourth-order valence-corrected chi connectivity index (χ4v) is 4.77. The van der Waals surface area contributed by atoms with Crippen LogP contribution in [0.1, 0.15) is 24.0 Å². The van der Waals surface area contributed by atoms with E-state index >= 15 is 0 Å². The first-order chi connectivity index (χ1) is 13.6. The fraction of sp³-hybridized carbons (Fsp3) is 0.368. The van der Waals surface area contributed by atoms with E-state index in [0.717, 1.165) is 30.3 Å². The smallest absolute Gasteiger partial charge is 0.299 e. The van der Waals surface area contributed by atoms with Crippen LogP contribution in [0.3, 0.4) is 0 Å². The Bertz CT molecular complexity index is 951. The molecule has 1 aliphatic rings. The van der Waals surface area contributed by atoms with E-state index in [2.05, 4.69) is 4.72 Å². The van der Waals surface area contributed by atoms with Crippen LogP contribution in [0.25, 0.3) is 0 Å². The summed E-state index contributed by atoms with van der Waals surface area (Å²) in [5.41, 5.74) is -0.211. The molecule has 4 nitrogen and oxygen atoms in total. The maximum absolute atomic E-state index is 13.8. The molecule has 0 unspecified atom stereocenters. The predicted octanol–water partition coefficient (Wildman–Crippen LogP) is 3.93. The van der Waals surface area contributed by atoms with Crippen molar-refractivity contribution in [2.45, 2.75) is 36.5 Å². The lowest BCUT2D eigenvalue weighted by molar-refractivity contribution is -0.137. The Labute approximate surface area is 165 Å². The van der Waals surface area contributed by atoms with E-state index in [1.165, 1.54) is 6.07 Å². The number of likely N-dealkylation sites (tertiary alicyclic amines) is 1. The van der Waals surface area contributed by atoms with E-state index in [0.29, 0.717) is 38.0 Å². The molecule has 3 rings (SSSR count). The number of halogens is 5. The van der Waals surface area contributed by atoms with Crippen LogP contribution in [0, 0.1) is 11.6 Å². The first-order valence-electron chi connectivity index (χ1n) is 8.91. The first-order valence-corrected chi connectivity index (χ1v) is 10.4. The molecular formula is C19H19F5N2O2S. The molecule has 0 saturated carbocycles. The summed E-state index contributed by atoms with van der Waals surface area (Å²) in [6.45, 7) is 1.16. The van der Waals surface area contributed by atoms with Gasteiger partial charge in [0.05, 0.1) is 5.56 Å². The lowest BCUT2D eigenvalue weighted by Gasteiger charge is -2.32. The van der Waals surface area contributed by atoms with Crippen molar-refractivity contribution >= 4 is 10.0 Å². The zero-order valence-electron chi connectivity index (χ0n) is 15.2. The first kappa shape index (κ1) is 21.7. The predicted molar refractivity (Wildman–Crippen MR) is 96.4 cm³/mol. The Morgan fingerprint density at radius 3 is 2.17 bits per heavy atom. The van der Waals surface area contributed by atoms with Gasteiger partial charge in [0, 0.05) is 25.7 Å². The highest BCUT2D eigenvalue weighted by Crippen LogP contribution is 2.30. The second-order valence-electron chi connectivity index (χ2n) is 6.92. The molecule has 0 atom stereocenters. The fourth-order valence-electron chi connectivity index (χ4n) is 3.33. The third kappa shape index (κ3) is 5.31. The van der Waals surface area contributed by atoms with Crippen LogP contribution in [0.4, 0.5) is 22.0 Å². The molecule has 0 bridgehead atoms. The van der Waals surface area contributed by atoms with E-state index < -0.39 is 44.3 Å². The van der Waals surface area contributed by atoms with Gasteiger partial charge in [0.15, 0.2) is 4.90 Å². The number of benzene rings is 2. The summed E-state index contributed by atoms with van der Waals surface area (Å²) in [5, 5.41) is 0. The molecule has 1 aliphatic heterocycles. The average Bonchev–Trinajstić information content (AvgIpc) is 2.62. The Kier molecular flexibility index (Phi) is 6.25. The lowest BCUT2D eigenvalue weighted by atomic mass is 10.0. The summed E-state index contributed by atoms with van der Waals surface area (Å²) in [6.07, 6.45) is -3.67. The van der Waals surface area contributed by atoms with Gasteiger partial charge >= 0.3 is 6.18 Å². The zero-order valence-corrected chi connectivity index (χ0v) is 16.0. The molecule has 0 aliphatic carbocycles. The van der Waals surface area contributed by atoms with Crippen molar-refractivity contribution < 1.29 is 30.4 Å². The molecule has 2 aromatic carbocycles. The number of hydrogen-bond donors (Lipinski definition) is 1. The lowest BCUT2D eigenvalue weighted by Crippen LogP contribution is -2.44. The number of alkyl halides is 3. The maximum atomic E-state index is 13.8. The molecule has 0 aromatic heterocycles. The standard InChI is InChI=1S/C19H19F5N2O2S/c20-16-5-2-6-17(21)18(16)29(27,28)25-15-7-9-26(10-8-15)12-13-3-1-4-14(11-13)19(22,23)24/h1-6,11,15,25H,7-10,12H2. The van der Waals surface area contributed by atoms with Crippen LogP contribution in [0.2, 0.25) is 0 Å². The monoisotopic (exact) mass is 434 g/mol.